The smallest absolute Gasteiger partial charge is 0.0757 e. The van der Waals surface area contributed by atoms with E-state index in [0.717, 1.165) is 19.5 Å². The van der Waals surface area contributed by atoms with Gasteiger partial charge in [-0.05, 0) is 12.3 Å². The topological polar surface area (TPSA) is 44.3 Å². The zero-order valence-corrected chi connectivity index (χ0v) is 7.80. The van der Waals surface area contributed by atoms with E-state index in [1.165, 1.54) is 0 Å². The number of aliphatic hydroxyl groups excluding tert-OH is 1. The average molecular weight is 170 g/mol. The Balaban J connectivity index is 2.10. The standard InChI is InChI=1S/C9H18N2O/c1-6(2)8(12)9-3-7(4-11-9)10-5-9/h6-8,10-12H,3-5H2,1-2H3. The van der Waals surface area contributed by atoms with Crippen LogP contribution in [0.2, 0.25) is 0 Å². The van der Waals surface area contributed by atoms with Crippen molar-refractivity contribution in [2.24, 2.45) is 5.92 Å². The Morgan fingerprint density at radius 1 is 1.50 bits per heavy atom. The van der Waals surface area contributed by atoms with E-state index in [9.17, 15) is 5.11 Å². The van der Waals surface area contributed by atoms with Crippen molar-refractivity contribution in [2.75, 3.05) is 13.1 Å². The molecule has 2 fully saturated rings. The minimum atomic E-state index is -0.211. The molecule has 0 aromatic carbocycles. The lowest BCUT2D eigenvalue weighted by Gasteiger charge is -2.35. The molecule has 2 aliphatic rings. The molecule has 0 aromatic rings. The molecule has 0 saturated carbocycles. The first kappa shape index (κ1) is 8.48. The van der Waals surface area contributed by atoms with Crippen molar-refractivity contribution in [1.82, 2.24) is 10.6 Å². The van der Waals surface area contributed by atoms with Crippen molar-refractivity contribution < 1.29 is 5.11 Å². The van der Waals surface area contributed by atoms with Crippen molar-refractivity contribution in [2.45, 2.75) is 38.0 Å². The van der Waals surface area contributed by atoms with Crippen molar-refractivity contribution in [3.63, 3.8) is 0 Å². The van der Waals surface area contributed by atoms with Crippen LogP contribution < -0.4 is 10.6 Å². The van der Waals surface area contributed by atoms with Gasteiger partial charge in [0.15, 0.2) is 0 Å². The molecular formula is C9H18N2O. The van der Waals surface area contributed by atoms with Crippen molar-refractivity contribution in [3.05, 3.63) is 0 Å². The molecule has 3 atom stereocenters. The average Bonchev–Trinajstić information content (AvgIpc) is 2.62. The summed E-state index contributed by atoms with van der Waals surface area (Å²) >= 11 is 0. The summed E-state index contributed by atoms with van der Waals surface area (Å²) in [5.41, 5.74) is -0.0150. The molecule has 3 nitrogen and oxygen atoms in total. The van der Waals surface area contributed by atoms with Gasteiger partial charge in [0, 0.05) is 19.1 Å². The number of nitrogens with one attached hydrogen (secondary N) is 2. The lowest BCUT2D eigenvalue weighted by Crippen LogP contribution is -2.58. The fourth-order valence-corrected chi connectivity index (χ4v) is 2.48. The van der Waals surface area contributed by atoms with Crippen molar-refractivity contribution >= 4 is 0 Å². The van der Waals surface area contributed by atoms with Gasteiger partial charge in [-0.25, -0.2) is 0 Å². The number of hydrogen-bond donors (Lipinski definition) is 3. The lowest BCUT2D eigenvalue weighted by molar-refractivity contribution is 0.0402. The van der Waals surface area contributed by atoms with Gasteiger partial charge in [-0.2, -0.15) is 0 Å². The van der Waals surface area contributed by atoms with Gasteiger partial charge in [-0.1, -0.05) is 13.8 Å². The summed E-state index contributed by atoms with van der Waals surface area (Å²) in [7, 11) is 0. The van der Waals surface area contributed by atoms with Gasteiger partial charge in [0.2, 0.25) is 0 Å². The molecule has 2 saturated heterocycles. The summed E-state index contributed by atoms with van der Waals surface area (Å²) < 4.78 is 0. The Labute approximate surface area is 73.5 Å². The summed E-state index contributed by atoms with van der Waals surface area (Å²) in [5.74, 6) is 0.344. The highest BCUT2D eigenvalue weighted by Crippen LogP contribution is 2.31. The maximum Gasteiger partial charge on any atom is 0.0757 e. The molecule has 3 N–H and O–H groups in total. The van der Waals surface area contributed by atoms with Crippen molar-refractivity contribution in [1.29, 1.82) is 0 Å². The zero-order valence-electron chi connectivity index (χ0n) is 7.80. The second kappa shape index (κ2) is 2.69. The summed E-state index contributed by atoms with van der Waals surface area (Å²) in [5, 5.41) is 16.8. The van der Waals surface area contributed by atoms with Crippen LogP contribution in [0.3, 0.4) is 0 Å². The number of piperazine rings is 1. The fraction of sp³-hybridized carbons (Fsp3) is 1.00. The molecule has 2 rings (SSSR count). The first-order valence-corrected chi connectivity index (χ1v) is 4.80. The summed E-state index contributed by atoms with van der Waals surface area (Å²) in [6, 6.07) is 0.596. The Hall–Kier alpha value is -0.120. The maximum atomic E-state index is 10.0. The number of rotatable bonds is 2. The van der Waals surface area contributed by atoms with E-state index in [0.29, 0.717) is 12.0 Å². The van der Waals surface area contributed by atoms with Gasteiger partial charge in [0.05, 0.1) is 11.6 Å². The predicted octanol–water partition coefficient (Wildman–Crippen LogP) is -0.293. The number of aliphatic hydroxyl groups is 1. The zero-order chi connectivity index (χ0) is 8.77. The minimum Gasteiger partial charge on any atom is -0.391 e. The molecule has 3 heteroatoms. The van der Waals surface area contributed by atoms with Crippen LogP contribution in [-0.2, 0) is 0 Å². The summed E-state index contributed by atoms with van der Waals surface area (Å²) in [6.45, 7) is 6.10. The van der Waals surface area contributed by atoms with Crippen molar-refractivity contribution in [3.8, 4) is 0 Å². The van der Waals surface area contributed by atoms with Crippen LogP contribution in [-0.4, -0.2) is 35.9 Å². The molecule has 0 aromatic heterocycles. The molecule has 2 heterocycles. The molecule has 0 radical (unpaired) electrons. The molecule has 0 amide bonds. The van der Waals surface area contributed by atoms with Gasteiger partial charge >= 0.3 is 0 Å². The molecule has 12 heavy (non-hydrogen) atoms. The van der Waals surface area contributed by atoms with E-state index in [-0.39, 0.29) is 11.6 Å². The highest BCUT2D eigenvalue weighted by molar-refractivity contribution is 5.11. The molecule has 70 valence electrons. The highest BCUT2D eigenvalue weighted by Gasteiger charge is 2.49. The first-order valence-electron chi connectivity index (χ1n) is 4.80. The highest BCUT2D eigenvalue weighted by atomic mass is 16.3. The Morgan fingerprint density at radius 3 is 2.58 bits per heavy atom. The van der Waals surface area contributed by atoms with Crippen LogP contribution in [0.4, 0.5) is 0 Å². The van der Waals surface area contributed by atoms with Crippen LogP contribution in [0.5, 0.6) is 0 Å². The van der Waals surface area contributed by atoms with E-state index < -0.39 is 0 Å². The molecule has 2 aliphatic heterocycles. The maximum absolute atomic E-state index is 10.0. The van der Waals surface area contributed by atoms with Crippen LogP contribution in [0, 0.1) is 5.92 Å². The monoisotopic (exact) mass is 170 g/mol. The van der Waals surface area contributed by atoms with Gasteiger partial charge in [0.1, 0.15) is 0 Å². The van der Waals surface area contributed by atoms with Crippen LogP contribution in [0.1, 0.15) is 20.3 Å². The van der Waals surface area contributed by atoms with E-state index in [4.69, 9.17) is 0 Å². The Morgan fingerprint density at radius 2 is 2.25 bits per heavy atom. The number of fused-ring (bicyclic) bond motifs is 2. The first-order chi connectivity index (χ1) is 5.64. The van der Waals surface area contributed by atoms with Gasteiger partial charge in [0.25, 0.3) is 0 Å². The predicted molar refractivity (Wildman–Crippen MR) is 48.0 cm³/mol. The summed E-state index contributed by atoms with van der Waals surface area (Å²) in [4.78, 5) is 0. The molecular weight excluding hydrogens is 152 g/mol. The molecule has 2 bridgehead atoms. The third kappa shape index (κ3) is 1.08. The second-order valence-electron chi connectivity index (χ2n) is 4.51. The van der Waals surface area contributed by atoms with Gasteiger partial charge in [-0.3, -0.25) is 0 Å². The molecule has 0 spiro atoms. The quantitative estimate of drug-likeness (QED) is 0.533. The fourth-order valence-electron chi connectivity index (χ4n) is 2.48. The summed E-state index contributed by atoms with van der Waals surface area (Å²) in [6.07, 6.45) is 0.879. The minimum absolute atomic E-state index is 0.0150. The van der Waals surface area contributed by atoms with Crippen LogP contribution in [0.15, 0.2) is 0 Å². The van der Waals surface area contributed by atoms with Crippen LogP contribution >= 0.6 is 0 Å². The lowest BCUT2D eigenvalue weighted by atomic mass is 9.86. The normalized spacial score (nSPS) is 42.5. The SMILES string of the molecule is CC(C)C(O)C12CNC(CN1)C2. The number of hydrogen-bond acceptors (Lipinski definition) is 3. The molecule has 3 unspecified atom stereocenters. The largest absolute Gasteiger partial charge is 0.391 e. The van der Waals surface area contributed by atoms with Crippen LogP contribution in [0.25, 0.3) is 0 Å². The van der Waals surface area contributed by atoms with E-state index in [1.54, 1.807) is 0 Å². The third-order valence-corrected chi connectivity index (χ3v) is 3.21. The third-order valence-electron chi connectivity index (χ3n) is 3.21. The second-order valence-corrected chi connectivity index (χ2v) is 4.51. The van der Waals surface area contributed by atoms with Gasteiger partial charge in [-0.15, -0.1) is 0 Å². The van der Waals surface area contributed by atoms with E-state index in [2.05, 4.69) is 24.5 Å². The Kier molecular flexibility index (Phi) is 1.90. The van der Waals surface area contributed by atoms with E-state index in [1.807, 2.05) is 0 Å². The Bertz CT molecular complexity index is 173. The van der Waals surface area contributed by atoms with E-state index >= 15 is 0 Å². The van der Waals surface area contributed by atoms with Gasteiger partial charge < -0.3 is 15.7 Å². The molecule has 0 aliphatic carbocycles.